The van der Waals surface area contributed by atoms with Gasteiger partial charge in [0.05, 0.1) is 6.04 Å². The van der Waals surface area contributed by atoms with E-state index in [-0.39, 0.29) is 17.8 Å². The zero-order chi connectivity index (χ0) is 14.8. The molecule has 3 nitrogen and oxygen atoms in total. The van der Waals surface area contributed by atoms with Crippen LogP contribution in [0.1, 0.15) is 40.0 Å². The summed E-state index contributed by atoms with van der Waals surface area (Å²) in [5.41, 5.74) is 3.80. The van der Waals surface area contributed by atoms with Crippen LogP contribution in [-0.2, 0) is 13.1 Å². The van der Waals surface area contributed by atoms with Crippen molar-refractivity contribution in [1.82, 2.24) is 10.6 Å². The van der Waals surface area contributed by atoms with Gasteiger partial charge < -0.3 is 10.6 Å². The van der Waals surface area contributed by atoms with Gasteiger partial charge in [-0.05, 0) is 47.9 Å². The highest BCUT2D eigenvalue weighted by Gasteiger charge is 2.15. The van der Waals surface area contributed by atoms with Crippen LogP contribution in [0.4, 0.5) is 4.39 Å². The monoisotopic (exact) mass is 284 g/mol. The standard InChI is InChI=1S/C17H17FN2O/c1-11(12-3-2-4-16(18)8-12)20-17(21)13-5-6-14-9-19-10-15(14)7-13/h2-8,11,19H,9-10H2,1H3,(H,20,21). The molecule has 1 amide bonds. The smallest absolute Gasteiger partial charge is 0.251 e. The fraction of sp³-hybridized carbons (Fsp3) is 0.235. The number of carbonyl (C=O) groups excluding carboxylic acids is 1. The Kier molecular flexibility index (Phi) is 3.71. The number of benzene rings is 2. The van der Waals surface area contributed by atoms with Crippen LogP contribution in [0.25, 0.3) is 0 Å². The van der Waals surface area contributed by atoms with Crippen molar-refractivity contribution in [2.24, 2.45) is 0 Å². The highest BCUT2D eigenvalue weighted by atomic mass is 19.1. The number of amides is 1. The summed E-state index contributed by atoms with van der Waals surface area (Å²) in [6.07, 6.45) is 0. The number of rotatable bonds is 3. The van der Waals surface area contributed by atoms with E-state index in [4.69, 9.17) is 0 Å². The van der Waals surface area contributed by atoms with Crippen molar-refractivity contribution in [3.8, 4) is 0 Å². The van der Waals surface area contributed by atoms with Gasteiger partial charge in [0.1, 0.15) is 5.82 Å². The Morgan fingerprint density at radius 3 is 2.81 bits per heavy atom. The van der Waals surface area contributed by atoms with Crippen LogP contribution < -0.4 is 10.6 Å². The zero-order valence-electron chi connectivity index (χ0n) is 11.8. The first kappa shape index (κ1) is 13.8. The first-order chi connectivity index (χ1) is 10.1. The van der Waals surface area contributed by atoms with Gasteiger partial charge in [0.2, 0.25) is 0 Å². The summed E-state index contributed by atoms with van der Waals surface area (Å²) >= 11 is 0. The minimum atomic E-state index is -0.294. The lowest BCUT2D eigenvalue weighted by molar-refractivity contribution is 0.0939. The molecule has 3 rings (SSSR count). The molecule has 0 aromatic heterocycles. The zero-order valence-corrected chi connectivity index (χ0v) is 11.8. The maximum absolute atomic E-state index is 13.2. The van der Waals surface area contributed by atoms with Crippen molar-refractivity contribution < 1.29 is 9.18 Å². The summed E-state index contributed by atoms with van der Waals surface area (Å²) < 4.78 is 13.2. The molecule has 0 saturated heterocycles. The van der Waals surface area contributed by atoms with E-state index in [9.17, 15) is 9.18 Å². The second-order valence-electron chi connectivity index (χ2n) is 5.34. The van der Waals surface area contributed by atoms with Gasteiger partial charge in [-0.25, -0.2) is 4.39 Å². The van der Waals surface area contributed by atoms with E-state index in [1.807, 2.05) is 25.1 Å². The predicted octanol–water partition coefficient (Wildman–Crippen LogP) is 2.92. The topological polar surface area (TPSA) is 41.1 Å². The van der Waals surface area contributed by atoms with Crippen molar-refractivity contribution in [3.63, 3.8) is 0 Å². The lowest BCUT2D eigenvalue weighted by atomic mass is 10.0. The van der Waals surface area contributed by atoms with E-state index in [0.29, 0.717) is 5.56 Å². The minimum Gasteiger partial charge on any atom is -0.346 e. The van der Waals surface area contributed by atoms with Crippen LogP contribution in [0.15, 0.2) is 42.5 Å². The molecule has 0 fully saturated rings. The van der Waals surface area contributed by atoms with Crippen LogP contribution in [0.5, 0.6) is 0 Å². The molecule has 1 aliphatic rings. The van der Waals surface area contributed by atoms with Gasteiger partial charge >= 0.3 is 0 Å². The second kappa shape index (κ2) is 5.66. The number of halogens is 1. The fourth-order valence-electron chi connectivity index (χ4n) is 2.58. The van der Waals surface area contributed by atoms with E-state index in [2.05, 4.69) is 10.6 Å². The van der Waals surface area contributed by atoms with Crippen LogP contribution in [0.3, 0.4) is 0 Å². The van der Waals surface area contributed by atoms with E-state index in [0.717, 1.165) is 18.7 Å². The van der Waals surface area contributed by atoms with Crippen molar-refractivity contribution in [1.29, 1.82) is 0 Å². The lowest BCUT2D eigenvalue weighted by Gasteiger charge is -2.15. The molecule has 21 heavy (non-hydrogen) atoms. The summed E-state index contributed by atoms with van der Waals surface area (Å²) in [6.45, 7) is 3.51. The number of hydrogen-bond donors (Lipinski definition) is 2. The molecular weight excluding hydrogens is 267 g/mol. The third-order valence-electron chi connectivity index (χ3n) is 3.80. The SMILES string of the molecule is CC(NC(=O)c1ccc2c(c1)CNC2)c1cccc(F)c1. The molecule has 1 atom stereocenters. The Morgan fingerprint density at radius 2 is 2.00 bits per heavy atom. The minimum absolute atomic E-state index is 0.138. The van der Waals surface area contributed by atoms with Crippen LogP contribution in [0.2, 0.25) is 0 Å². The summed E-state index contributed by atoms with van der Waals surface area (Å²) in [7, 11) is 0. The fourth-order valence-corrected chi connectivity index (χ4v) is 2.58. The highest BCUT2D eigenvalue weighted by molar-refractivity contribution is 5.94. The molecule has 0 aliphatic carbocycles. The highest BCUT2D eigenvalue weighted by Crippen LogP contribution is 2.18. The van der Waals surface area contributed by atoms with Gasteiger partial charge in [-0.3, -0.25) is 4.79 Å². The Morgan fingerprint density at radius 1 is 1.19 bits per heavy atom. The molecule has 0 spiro atoms. The van der Waals surface area contributed by atoms with E-state index >= 15 is 0 Å². The van der Waals surface area contributed by atoms with Gasteiger partial charge in [0.25, 0.3) is 5.91 Å². The summed E-state index contributed by atoms with van der Waals surface area (Å²) in [5.74, 6) is -0.432. The molecule has 4 heteroatoms. The number of carbonyl (C=O) groups is 1. The molecule has 2 N–H and O–H groups in total. The largest absolute Gasteiger partial charge is 0.346 e. The van der Waals surface area contributed by atoms with Gasteiger partial charge in [-0.2, -0.15) is 0 Å². The summed E-state index contributed by atoms with van der Waals surface area (Å²) in [4.78, 5) is 12.3. The van der Waals surface area contributed by atoms with E-state index < -0.39 is 0 Å². The Labute approximate surface area is 123 Å². The van der Waals surface area contributed by atoms with Crippen molar-refractivity contribution in [2.75, 3.05) is 0 Å². The van der Waals surface area contributed by atoms with Crippen LogP contribution in [-0.4, -0.2) is 5.91 Å². The Balaban J connectivity index is 1.74. The first-order valence-corrected chi connectivity index (χ1v) is 7.02. The third-order valence-corrected chi connectivity index (χ3v) is 3.80. The lowest BCUT2D eigenvalue weighted by Crippen LogP contribution is -2.26. The third kappa shape index (κ3) is 2.95. The molecule has 2 aromatic carbocycles. The van der Waals surface area contributed by atoms with Gasteiger partial charge in [-0.15, -0.1) is 0 Å². The molecule has 1 unspecified atom stereocenters. The van der Waals surface area contributed by atoms with Gasteiger partial charge in [0, 0.05) is 18.7 Å². The normalized spacial score (nSPS) is 14.6. The Hall–Kier alpha value is -2.20. The van der Waals surface area contributed by atoms with Crippen LogP contribution >= 0.6 is 0 Å². The molecular formula is C17H17FN2O. The van der Waals surface area contributed by atoms with E-state index in [1.54, 1.807) is 12.1 Å². The van der Waals surface area contributed by atoms with Crippen LogP contribution in [0, 0.1) is 5.82 Å². The summed E-state index contributed by atoms with van der Waals surface area (Å²) in [6, 6.07) is 11.8. The quantitative estimate of drug-likeness (QED) is 0.910. The molecule has 1 heterocycles. The average molecular weight is 284 g/mol. The first-order valence-electron chi connectivity index (χ1n) is 7.02. The summed E-state index contributed by atoms with van der Waals surface area (Å²) in [5, 5.41) is 6.16. The van der Waals surface area contributed by atoms with Crippen molar-refractivity contribution in [3.05, 3.63) is 70.5 Å². The average Bonchev–Trinajstić information content (AvgIpc) is 2.94. The number of nitrogens with one attached hydrogen (secondary N) is 2. The predicted molar refractivity (Wildman–Crippen MR) is 79.3 cm³/mol. The number of fused-ring (bicyclic) bond motifs is 1. The second-order valence-corrected chi connectivity index (χ2v) is 5.34. The Bertz CT molecular complexity index is 684. The molecule has 2 aromatic rings. The van der Waals surface area contributed by atoms with Gasteiger partial charge in [-0.1, -0.05) is 18.2 Å². The molecule has 1 aliphatic heterocycles. The maximum atomic E-state index is 13.2. The van der Waals surface area contributed by atoms with Crippen molar-refractivity contribution in [2.45, 2.75) is 26.1 Å². The van der Waals surface area contributed by atoms with E-state index in [1.165, 1.54) is 23.3 Å². The molecule has 0 bridgehead atoms. The maximum Gasteiger partial charge on any atom is 0.251 e. The molecule has 108 valence electrons. The van der Waals surface area contributed by atoms with Crippen molar-refractivity contribution >= 4 is 5.91 Å². The number of hydrogen-bond acceptors (Lipinski definition) is 2. The van der Waals surface area contributed by atoms with Gasteiger partial charge in [0.15, 0.2) is 0 Å². The molecule has 0 radical (unpaired) electrons. The molecule has 0 saturated carbocycles.